The van der Waals surface area contributed by atoms with Gasteiger partial charge in [0.15, 0.2) is 19.9 Å². The van der Waals surface area contributed by atoms with Crippen LogP contribution in [-0.2, 0) is 4.79 Å². The number of thioether (sulfide) groups is 1. The van der Waals surface area contributed by atoms with E-state index in [0.717, 1.165) is 17.0 Å². The average molecular weight is 568 g/mol. The standard InChI is InChI=1S/C25H21N5O3S4/c1-3-33-17-10-8-16(9-11-17)29-21-20(37-25(29)34)22(32)30(18-7-5-4-6-15(18)2)24(28-21)36-14-19(31)27-23-26-12-13-35-23/h4-13H,3,14H2,1-2H3,(H,26,27,31). The van der Waals surface area contributed by atoms with Gasteiger partial charge in [0.1, 0.15) is 10.4 Å². The zero-order chi connectivity index (χ0) is 25.9. The van der Waals surface area contributed by atoms with Crippen molar-refractivity contribution in [1.82, 2.24) is 19.1 Å². The minimum absolute atomic E-state index is 0.0529. The number of thiazole rings is 2. The molecule has 3 heterocycles. The molecule has 5 rings (SSSR count). The molecule has 0 radical (unpaired) electrons. The van der Waals surface area contributed by atoms with Crippen LogP contribution in [0.25, 0.3) is 21.7 Å². The molecule has 37 heavy (non-hydrogen) atoms. The Labute approximate surface area is 229 Å². The molecule has 8 nitrogen and oxygen atoms in total. The quantitative estimate of drug-likeness (QED) is 0.143. The molecular formula is C25H21N5O3S4. The lowest BCUT2D eigenvalue weighted by Gasteiger charge is -2.14. The molecule has 0 aliphatic rings. The third-order valence-electron chi connectivity index (χ3n) is 5.35. The van der Waals surface area contributed by atoms with Gasteiger partial charge >= 0.3 is 0 Å². The number of rotatable bonds is 8. The molecular weight excluding hydrogens is 547 g/mol. The first-order valence-corrected chi connectivity index (χ1v) is 14.3. The van der Waals surface area contributed by atoms with Gasteiger partial charge in [0.25, 0.3) is 5.56 Å². The van der Waals surface area contributed by atoms with Crippen molar-refractivity contribution in [3.8, 4) is 17.1 Å². The topological polar surface area (TPSA) is 91.0 Å². The Kier molecular flexibility index (Phi) is 7.51. The maximum atomic E-state index is 13.9. The maximum Gasteiger partial charge on any atom is 0.278 e. The Morgan fingerprint density at radius 2 is 1.95 bits per heavy atom. The van der Waals surface area contributed by atoms with Crippen LogP contribution in [0.2, 0.25) is 0 Å². The number of nitrogens with zero attached hydrogens (tertiary/aromatic N) is 4. The van der Waals surface area contributed by atoms with E-state index in [9.17, 15) is 9.59 Å². The molecule has 0 saturated heterocycles. The number of hydrogen-bond acceptors (Lipinski definition) is 9. The normalized spacial score (nSPS) is 11.1. The van der Waals surface area contributed by atoms with Gasteiger partial charge in [-0.05, 0) is 62.0 Å². The second-order valence-corrected chi connectivity index (χ2v) is 11.3. The van der Waals surface area contributed by atoms with Crippen LogP contribution >= 0.6 is 46.7 Å². The van der Waals surface area contributed by atoms with Crippen molar-refractivity contribution >= 4 is 68.0 Å². The highest BCUT2D eigenvalue weighted by Gasteiger charge is 2.21. The highest BCUT2D eigenvalue weighted by atomic mass is 32.2. The molecule has 0 fully saturated rings. The first kappa shape index (κ1) is 25.3. The lowest BCUT2D eigenvalue weighted by Crippen LogP contribution is -2.23. The van der Waals surface area contributed by atoms with E-state index >= 15 is 0 Å². The molecule has 0 saturated carbocycles. The third-order valence-corrected chi connectivity index (χ3v) is 8.33. The highest BCUT2D eigenvalue weighted by molar-refractivity contribution is 7.99. The number of aromatic nitrogens is 4. The van der Waals surface area contributed by atoms with Crippen molar-refractivity contribution in [2.45, 2.75) is 19.0 Å². The monoisotopic (exact) mass is 567 g/mol. The maximum absolute atomic E-state index is 13.9. The Bertz CT molecular complexity index is 1690. The second kappa shape index (κ2) is 11.0. The van der Waals surface area contributed by atoms with Gasteiger partial charge in [-0.2, -0.15) is 0 Å². The molecule has 0 aliphatic carbocycles. The summed E-state index contributed by atoms with van der Waals surface area (Å²) in [6, 6.07) is 15.1. The second-order valence-electron chi connectivity index (χ2n) is 7.78. The van der Waals surface area contributed by atoms with Gasteiger partial charge in [-0.15, -0.1) is 11.3 Å². The van der Waals surface area contributed by atoms with Crippen molar-refractivity contribution in [1.29, 1.82) is 0 Å². The minimum Gasteiger partial charge on any atom is -0.494 e. The van der Waals surface area contributed by atoms with Crippen molar-refractivity contribution in [2.75, 3.05) is 17.7 Å². The molecule has 0 atom stereocenters. The molecule has 2 aromatic carbocycles. The van der Waals surface area contributed by atoms with Crippen molar-refractivity contribution in [2.24, 2.45) is 0 Å². The SMILES string of the molecule is CCOc1ccc(-n2c(=S)sc3c(=O)n(-c4ccccc4C)c(SCC(=O)Nc4nccs4)nc32)cc1. The smallest absolute Gasteiger partial charge is 0.278 e. The van der Waals surface area contributed by atoms with Crippen LogP contribution in [0, 0.1) is 10.9 Å². The number of ether oxygens (including phenoxy) is 1. The zero-order valence-electron chi connectivity index (χ0n) is 19.8. The number of amides is 1. The lowest BCUT2D eigenvalue weighted by molar-refractivity contribution is -0.113. The molecule has 188 valence electrons. The number of carbonyl (C=O) groups is 1. The summed E-state index contributed by atoms with van der Waals surface area (Å²) in [5.74, 6) is 0.561. The van der Waals surface area contributed by atoms with Crippen LogP contribution in [0.15, 0.2) is 70.1 Å². The van der Waals surface area contributed by atoms with Gasteiger partial charge in [-0.1, -0.05) is 41.3 Å². The molecule has 0 bridgehead atoms. The lowest BCUT2D eigenvalue weighted by atomic mass is 10.2. The fourth-order valence-electron chi connectivity index (χ4n) is 3.72. The summed E-state index contributed by atoms with van der Waals surface area (Å²) in [6.07, 6.45) is 1.63. The van der Waals surface area contributed by atoms with Crippen LogP contribution < -0.4 is 15.6 Å². The summed E-state index contributed by atoms with van der Waals surface area (Å²) in [7, 11) is 0. The zero-order valence-corrected chi connectivity index (χ0v) is 23.1. The van der Waals surface area contributed by atoms with E-state index in [1.807, 2.05) is 62.4 Å². The fraction of sp³-hybridized carbons (Fsp3) is 0.160. The largest absolute Gasteiger partial charge is 0.494 e. The van der Waals surface area contributed by atoms with Crippen LogP contribution in [0.4, 0.5) is 5.13 Å². The van der Waals surface area contributed by atoms with E-state index in [0.29, 0.717) is 36.9 Å². The first-order chi connectivity index (χ1) is 18.0. The van der Waals surface area contributed by atoms with Crippen molar-refractivity contribution in [3.63, 3.8) is 0 Å². The van der Waals surface area contributed by atoms with Crippen LogP contribution in [-0.4, -0.2) is 37.4 Å². The van der Waals surface area contributed by atoms with Crippen molar-refractivity contribution in [3.05, 3.63) is 80.0 Å². The molecule has 1 N–H and O–H groups in total. The number of hydrogen-bond donors (Lipinski definition) is 1. The van der Waals surface area contributed by atoms with E-state index in [1.54, 1.807) is 20.7 Å². The number of fused-ring (bicyclic) bond motifs is 1. The third kappa shape index (κ3) is 5.23. The molecule has 3 aromatic heterocycles. The average Bonchev–Trinajstić information content (AvgIpc) is 3.51. The summed E-state index contributed by atoms with van der Waals surface area (Å²) in [5, 5.41) is 5.48. The Balaban J connectivity index is 1.62. The number of benzene rings is 2. The predicted octanol–water partition coefficient (Wildman–Crippen LogP) is 5.86. The van der Waals surface area contributed by atoms with Crippen LogP contribution in [0.1, 0.15) is 12.5 Å². The fourth-order valence-corrected chi connectivity index (χ4v) is 6.36. The van der Waals surface area contributed by atoms with Gasteiger partial charge in [-0.25, -0.2) is 9.97 Å². The molecule has 1 amide bonds. The number of para-hydroxylation sites is 1. The van der Waals surface area contributed by atoms with E-state index in [1.165, 1.54) is 34.4 Å². The molecule has 5 aromatic rings. The van der Waals surface area contributed by atoms with E-state index in [4.69, 9.17) is 21.9 Å². The van der Waals surface area contributed by atoms with Crippen LogP contribution in [0.5, 0.6) is 5.75 Å². The Hall–Kier alpha value is -3.32. The van der Waals surface area contributed by atoms with Crippen LogP contribution in [0.3, 0.4) is 0 Å². The summed E-state index contributed by atoms with van der Waals surface area (Å²) < 4.78 is 9.85. The van der Waals surface area contributed by atoms with Gasteiger partial charge in [0.2, 0.25) is 5.91 Å². The van der Waals surface area contributed by atoms with Gasteiger partial charge in [0, 0.05) is 17.3 Å². The van der Waals surface area contributed by atoms with Gasteiger partial charge in [0.05, 0.1) is 18.0 Å². The summed E-state index contributed by atoms with van der Waals surface area (Å²) in [4.78, 5) is 35.5. The first-order valence-electron chi connectivity index (χ1n) is 11.3. The number of aryl methyl sites for hydroxylation is 1. The summed E-state index contributed by atoms with van der Waals surface area (Å²) in [5.41, 5.74) is 2.61. The molecule has 12 heteroatoms. The van der Waals surface area contributed by atoms with E-state index in [2.05, 4.69) is 10.3 Å². The molecule has 0 aliphatic heterocycles. The van der Waals surface area contributed by atoms with E-state index < -0.39 is 0 Å². The minimum atomic E-state index is -0.237. The van der Waals surface area contributed by atoms with Gasteiger partial charge in [-0.3, -0.25) is 18.7 Å². The highest BCUT2D eigenvalue weighted by Crippen LogP contribution is 2.29. The van der Waals surface area contributed by atoms with Crippen molar-refractivity contribution < 1.29 is 9.53 Å². The summed E-state index contributed by atoms with van der Waals surface area (Å²) >= 11 is 9.41. The number of nitrogens with one attached hydrogen (secondary N) is 1. The van der Waals surface area contributed by atoms with E-state index in [-0.39, 0.29) is 17.2 Å². The molecule has 0 unspecified atom stereocenters. The predicted molar refractivity (Wildman–Crippen MR) is 153 cm³/mol. The Morgan fingerprint density at radius 3 is 2.65 bits per heavy atom. The number of carbonyl (C=O) groups excluding carboxylic acids is 1. The summed E-state index contributed by atoms with van der Waals surface area (Å²) in [6.45, 7) is 4.43. The molecule has 0 spiro atoms. The Morgan fingerprint density at radius 1 is 1.16 bits per heavy atom. The van der Waals surface area contributed by atoms with Gasteiger partial charge < -0.3 is 10.1 Å². The number of anilines is 1.